The van der Waals surface area contributed by atoms with Crippen LogP contribution in [0.2, 0.25) is 5.02 Å². The van der Waals surface area contributed by atoms with E-state index < -0.39 is 0 Å². The van der Waals surface area contributed by atoms with Gasteiger partial charge in [0.15, 0.2) is 0 Å². The summed E-state index contributed by atoms with van der Waals surface area (Å²) in [4.78, 5) is 0.661. The fraction of sp³-hybridized carbons (Fsp3) is 0.455. The predicted molar refractivity (Wildman–Crippen MR) is 60.6 cm³/mol. The van der Waals surface area contributed by atoms with Gasteiger partial charge in [-0.3, -0.25) is 0 Å². The van der Waals surface area contributed by atoms with Crippen LogP contribution in [0, 0.1) is 5.92 Å². The van der Waals surface area contributed by atoms with E-state index in [0.717, 1.165) is 17.4 Å². The summed E-state index contributed by atoms with van der Waals surface area (Å²) in [6, 6.07) is 8.14. The Morgan fingerprint density at radius 2 is 1.92 bits per heavy atom. The molecule has 0 aromatic heterocycles. The van der Waals surface area contributed by atoms with E-state index in [1.807, 2.05) is 12.1 Å². The molecule has 0 N–H and O–H groups in total. The van der Waals surface area contributed by atoms with Gasteiger partial charge in [-0.15, -0.1) is 0 Å². The smallest absolute Gasteiger partial charge is 0.0406 e. The van der Waals surface area contributed by atoms with Gasteiger partial charge in [0.1, 0.15) is 0 Å². The van der Waals surface area contributed by atoms with E-state index in [-0.39, 0.29) is 0 Å². The van der Waals surface area contributed by atoms with Crippen LogP contribution in [0.1, 0.15) is 18.4 Å². The lowest BCUT2D eigenvalue weighted by molar-refractivity contribution is 0.761. The molecule has 0 nitrogen and oxygen atoms in total. The molecule has 1 unspecified atom stereocenters. The summed E-state index contributed by atoms with van der Waals surface area (Å²) < 4.78 is 0. The molecular weight excluding hydrogens is 247 g/mol. The lowest BCUT2D eigenvalue weighted by atomic mass is 10.1. The zero-order chi connectivity index (χ0) is 9.26. The van der Waals surface area contributed by atoms with Crippen molar-refractivity contribution in [1.29, 1.82) is 0 Å². The van der Waals surface area contributed by atoms with Crippen LogP contribution in [0.5, 0.6) is 0 Å². The Bertz CT molecular complexity index is 277. The highest BCUT2D eigenvalue weighted by Crippen LogP contribution is 2.38. The first-order valence-corrected chi connectivity index (χ1v) is 5.93. The Morgan fingerprint density at radius 3 is 2.46 bits per heavy atom. The first kappa shape index (κ1) is 9.54. The number of halogens is 2. The Balaban J connectivity index is 1.96. The van der Waals surface area contributed by atoms with Gasteiger partial charge in [0.25, 0.3) is 0 Å². The monoisotopic (exact) mass is 258 g/mol. The molecule has 0 aliphatic heterocycles. The molecule has 0 spiro atoms. The quantitative estimate of drug-likeness (QED) is 0.718. The predicted octanol–water partition coefficient (Wildman–Crippen LogP) is 4.06. The third-order valence-electron chi connectivity index (χ3n) is 2.48. The number of benzene rings is 1. The first-order chi connectivity index (χ1) is 6.25. The molecule has 0 saturated heterocycles. The molecule has 0 bridgehead atoms. The van der Waals surface area contributed by atoms with Crippen molar-refractivity contribution < 1.29 is 0 Å². The Labute approximate surface area is 92.4 Å². The van der Waals surface area contributed by atoms with Crippen LogP contribution >= 0.6 is 27.5 Å². The van der Waals surface area contributed by atoms with Crippen LogP contribution in [0.15, 0.2) is 24.3 Å². The van der Waals surface area contributed by atoms with E-state index in [4.69, 9.17) is 11.6 Å². The normalized spacial score (nSPS) is 18.6. The molecule has 1 aromatic carbocycles. The molecule has 13 heavy (non-hydrogen) atoms. The molecule has 70 valence electrons. The van der Waals surface area contributed by atoms with E-state index >= 15 is 0 Å². The second kappa shape index (κ2) is 4.02. The van der Waals surface area contributed by atoms with Crippen LogP contribution in [0.25, 0.3) is 0 Å². The topological polar surface area (TPSA) is 0 Å². The minimum atomic E-state index is 0.661. The maximum Gasteiger partial charge on any atom is 0.0406 e. The SMILES string of the molecule is Clc1ccc(CC(Br)C2CC2)cc1. The number of hydrogen-bond donors (Lipinski definition) is 0. The Morgan fingerprint density at radius 1 is 1.31 bits per heavy atom. The zero-order valence-electron chi connectivity index (χ0n) is 7.34. The van der Waals surface area contributed by atoms with E-state index in [2.05, 4.69) is 28.1 Å². The van der Waals surface area contributed by atoms with Crippen molar-refractivity contribution in [2.75, 3.05) is 0 Å². The van der Waals surface area contributed by atoms with E-state index in [1.54, 1.807) is 0 Å². The average molecular weight is 260 g/mol. The van der Waals surface area contributed by atoms with Crippen molar-refractivity contribution in [2.24, 2.45) is 5.92 Å². The molecule has 0 amide bonds. The average Bonchev–Trinajstić information content (AvgIpc) is 2.91. The van der Waals surface area contributed by atoms with E-state index in [0.29, 0.717) is 4.83 Å². The summed E-state index contributed by atoms with van der Waals surface area (Å²) >= 11 is 9.54. The molecule has 1 aliphatic rings. The first-order valence-electron chi connectivity index (χ1n) is 4.64. The van der Waals surface area contributed by atoms with Gasteiger partial charge >= 0.3 is 0 Å². The second-order valence-electron chi connectivity index (χ2n) is 3.68. The molecule has 1 aliphatic carbocycles. The van der Waals surface area contributed by atoms with Gasteiger partial charge in [-0.25, -0.2) is 0 Å². The number of hydrogen-bond acceptors (Lipinski definition) is 0. The van der Waals surface area contributed by atoms with Gasteiger partial charge in [-0.1, -0.05) is 39.7 Å². The van der Waals surface area contributed by atoms with Crippen molar-refractivity contribution >= 4 is 27.5 Å². The highest BCUT2D eigenvalue weighted by Gasteiger charge is 2.28. The Kier molecular flexibility index (Phi) is 2.95. The maximum absolute atomic E-state index is 5.81. The Hall–Kier alpha value is -0.0100. The van der Waals surface area contributed by atoms with Crippen molar-refractivity contribution in [3.8, 4) is 0 Å². The molecule has 1 aromatic rings. The lowest BCUT2D eigenvalue weighted by Gasteiger charge is -2.07. The molecule has 2 rings (SSSR count). The number of rotatable bonds is 3. The third kappa shape index (κ3) is 2.72. The third-order valence-corrected chi connectivity index (χ3v) is 3.80. The lowest BCUT2D eigenvalue weighted by Crippen LogP contribution is -2.04. The van der Waals surface area contributed by atoms with Gasteiger partial charge in [0.05, 0.1) is 0 Å². The zero-order valence-corrected chi connectivity index (χ0v) is 9.68. The molecule has 2 heteroatoms. The van der Waals surface area contributed by atoms with Crippen molar-refractivity contribution in [3.05, 3.63) is 34.9 Å². The summed E-state index contributed by atoms with van der Waals surface area (Å²) in [6.45, 7) is 0. The van der Waals surface area contributed by atoms with Crippen LogP contribution in [-0.4, -0.2) is 4.83 Å². The second-order valence-corrected chi connectivity index (χ2v) is 5.30. The molecule has 1 atom stereocenters. The van der Waals surface area contributed by atoms with Crippen molar-refractivity contribution in [1.82, 2.24) is 0 Å². The van der Waals surface area contributed by atoms with E-state index in [9.17, 15) is 0 Å². The van der Waals surface area contributed by atoms with Gasteiger partial charge in [-0.05, 0) is 42.9 Å². The maximum atomic E-state index is 5.81. The fourth-order valence-corrected chi connectivity index (χ4v) is 2.50. The summed E-state index contributed by atoms with van der Waals surface area (Å²) in [7, 11) is 0. The van der Waals surface area contributed by atoms with Crippen LogP contribution in [-0.2, 0) is 6.42 Å². The highest BCUT2D eigenvalue weighted by atomic mass is 79.9. The van der Waals surface area contributed by atoms with Gasteiger partial charge in [0, 0.05) is 9.85 Å². The molecule has 0 radical (unpaired) electrons. The van der Waals surface area contributed by atoms with Gasteiger partial charge in [0.2, 0.25) is 0 Å². The van der Waals surface area contributed by atoms with Crippen molar-refractivity contribution in [2.45, 2.75) is 24.1 Å². The van der Waals surface area contributed by atoms with Crippen LogP contribution in [0.4, 0.5) is 0 Å². The summed E-state index contributed by atoms with van der Waals surface area (Å²) in [5, 5.41) is 0.821. The summed E-state index contributed by atoms with van der Waals surface area (Å²) in [6.07, 6.45) is 3.91. The standard InChI is InChI=1S/C11H12BrCl/c12-11(9-3-4-9)7-8-1-5-10(13)6-2-8/h1-2,5-6,9,11H,3-4,7H2. The summed E-state index contributed by atoms with van der Waals surface area (Å²) in [5.41, 5.74) is 1.37. The van der Waals surface area contributed by atoms with Gasteiger partial charge < -0.3 is 0 Å². The highest BCUT2D eigenvalue weighted by molar-refractivity contribution is 9.09. The number of alkyl halides is 1. The van der Waals surface area contributed by atoms with E-state index in [1.165, 1.54) is 18.4 Å². The molecular formula is C11H12BrCl. The minimum absolute atomic E-state index is 0.661. The van der Waals surface area contributed by atoms with Crippen LogP contribution < -0.4 is 0 Å². The van der Waals surface area contributed by atoms with Crippen LogP contribution in [0.3, 0.4) is 0 Å². The fourth-order valence-electron chi connectivity index (χ4n) is 1.47. The molecule has 1 saturated carbocycles. The van der Waals surface area contributed by atoms with Crippen molar-refractivity contribution in [3.63, 3.8) is 0 Å². The largest absolute Gasteiger partial charge is 0.0884 e. The molecule has 1 fully saturated rings. The minimum Gasteiger partial charge on any atom is -0.0884 e. The summed E-state index contributed by atoms with van der Waals surface area (Å²) in [5.74, 6) is 0.913. The van der Waals surface area contributed by atoms with Gasteiger partial charge in [-0.2, -0.15) is 0 Å². The molecule has 0 heterocycles.